The maximum atomic E-state index is 4.06. The van der Waals surface area contributed by atoms with Crippen molar-refractivity contribution in [2.24, 2.45) is 0 Å². The number of rotatable bonds is 1. The van der Waals surface area contributed by atoms with Gasteiger partial charge in [0.05, 0.1) is 0 Å². The summed E-state index contributed by atoms with van der Waals surface area (Å²) in [5.41, 5.74) is 0. The molecule has 2 rings (SSSR count). The van der Waals surface area contributed by atoms with Crippen LogP contribution < -0.4 is 9.75 Å². The highest BCUT2D eigenvalue weighted by molar-refractivity contribution is 7.17. The Morgan fingerprint density at radius 2 is 2.07 bits per heavy atom. The molecule has 0 radical (unpaired) electrons. The summed E-state index contributed by atoms with van der Waals surface area (Å²) in [5, 5.41) is 2.56. The van der Waals surface area contributed by atoms with Crippen LogP contribution in [0, 0.1) is 0 Å². The van der Waals surface area contributed by atoms with Crippen molar-refractivity contribution in [1.29, 1.82) is 0 Å². The van der Waals surface area contributed by atoms with Gasteiger partial charge < -0.3 is 0 Å². The van der Waals surface area contributed by atoms with E-state index in [9.17, 15) is 0 Å². The fraction of sp³-hybridized carbons (Fsp3) is 0.0769. The zero-order valence-corrected chi connectivity index (χ0v) is 8.97. The van der Waals surface area contributed by atoms with Crippen LogP contribution in [0.25, 0.3) is 22.7 Å². The van der Waals surface area contributed by atoms with Gasteiger partial charge >= 0.3 is 0 Å². The van der Waals surface area contributed by atoms with Crippen molar-refractivity contribution >= 4 is 34.1 Å². The van der Waals surface area contributed by atoms with E-state index >= 15 is 0 Å². The van der Waals surface area contributed by atoms with Crippen LogP contribution >= 0.6 is 11.3 Å². The van der Waals surface area contributed by atoms with Crippen LogP contribution in [-0.2, 0) is 0 Å². The highest BCUT2D eigenvalue weighted by Crippen LogP contribution is 2.11. The lowest BCUT2D eigenvalue weighted by Crippen LogP contribution is -2.15. The Bertz CT molecular complexity index is 573. The lowest BCUT2D eigenvalue weighted by molar-refractivity contribution is 1.73. The second-order valence-electron chi connectivity index (χ2n) is 3.13. The van der Waals surface area contributed by atoms with Gasteiger partial charge in [0, 0.05) is 14.6 Å². The van der Waals surface area contributed by atoms with Gasteiger partial charge in [-0.3, -0.25) is 0 Å². The molecule has 0 saturated heterocycles. The minimum atomic E-state index is 1.14. The van der Waals surface area contributed by atoms with Crippen LogP contribution in [0.5, 0.6) is 0 Å². The topological polar surface area (TPSA) is 0 Å². The van der Waals surface area contributed by atoms with Crippen LogP contribution in [0.4, 0.5) is 0 Å². The van der Waals surface area contributed by atoms with Crippen LogP contribution in [-0.4, -0.2) is 0 Å². The molecule has 0 fully saturated rings. The first kappa shape index (κ1) is 9.22. The van der Waals surface area contributed by atoms with Crippen LogP contribution in [0.3, 0.4) is 0 Å². The van der Waals surface area contributed by atoms with Crippen molar-refractivity contribution in [3.05, 3.63) is 46.2 Å². The minimum Gasteiger partial charge on any atom is -0.136 e. The van der Waals surface area contributed by atoms with Gasteiger partial charge in [0.25, 0.3) is 0 Å². The van der Waals surface area contributed by atoms with E-state index in [0.29, 0.717) is 0 Å². The third-order valence-electron chi connectivity index (χ3n) is 2.17. The van der Waals surface area contributed by atoms with Gasteiger partial charge in [-0.25, -0.2) is 0 Å². The van der Waals surface area contributed by atoms with E-state index in [1.165, 1.54) is 15.3 Å². The molecule has 2 aromatic rings. The summed E-state index contributed by atoms with van der Waals surface area (Å²) in [6.45, 7) is 6.09. The summed E-state index contributed by atoms with van der Waals surface area (Å²) in [5.74, 6) is 0. The zero-order chi connectivity index (χ0) is 9.97. The molecule has 0 aliphatic carbocycles. The Morgan fingerprint density at radius 3 is 2.86 bits per heavy atom. The maximum Gasteiger partial charge on any atom is 0.0355 e. The second kappa shape index (κ2) is 3.81. The predicted molar refractivity (Wildman–Crippen MR) is 65.9 cm³/mol. The van der Waals surface area contributed by atoms with Gasteiger partial charge in [-0.1, -0.05) is 43.0 Å². The molecule has 70 valence electrons. The van der Waals surface area contributed by atoms with Crippen molar-refractivity contribution in [3.63, 3.8) is 0 Å². The van der Waals surface area contributed by atoms with E-state index in [-0.39, 0.29) is 0 Å². The summed E-state index contributed by atoms with van der Waals surface area (Å²) in [4.78, 5) is 0. The largest absolute Gasteiger partial charge is 0.136 e. The summed E-state index contributed by atoms with van der Waals surface area (Å²) >= 11 is 1.75. The van der Waals surface area contributed by atoms with Gasteiger partial charge in [0.2, 0.25) is 0 Å². The fourth-order valence-electron chi connectivity index (χ4n) is 1.49. The van der Waals surface area contributed by atoms with Crippen molar-refractivity contribution < 1.29 is 0 Å². The molecule has 0 aliphatic rings. The van der Waals surface area contributed by atoms with Crippen molar-refractivity contribution in [1.82, 2.24) is 0 Å². The third-order valence-corrected chi connectivity index (χ3v) is 3.21. The molecule has 1 aromatic carbocycles. The lowest BCUT2D eigenvalue weighted by atomic mass is 10.2. The summed E-state index contributed by atoms with van der Waals surface area (Å²) in [6.07, 6.45) is 6.22. The van der Waals surface area contributed by atoms with E-state index in [1.54, 1.807) is 11.3 Å². The van der Waals surface area contributed by atoms with Gasteiger partial charge in [-0.05, 0) is 18.2 Å². The van der Waals surface area contributed by atoms with E-state index < -0.39 is 0 Å². The third kappa shape index (κ3) is 1.51. The number of benzene rings is 1. The molecular formula is C13H12S. The first-order chi connectivity index (χ1) is 6.83. The van der Waals surface area contributed by atoms with Gasteiger partial charge in [0.15, 0.2) is 0 Å². The summed E-state index contributed by atoms with van der Waals surface area (Å²) < 4.78 is 2.46. The summed E-state index contributed by atoms with van der Waals surface area (Å²) in [6, 6.07) is 8.43. The Balaban J connectivity index is 2.88. The molecule has 0 amide bonds. The van der Waals surface area contributed by atoms with Crippen molar-refractivity contribution in [3.8, 4) is 0 Å². The standard InChI is InChI=1S/C13H12S/c1-3-4-7-11-10(2)14-13-9-6-5-8-12(11)13/h3-9H,2H2,1H3/b4-3-,11-7+. The molecule has 0 N–H and O–H groups in total. The number of fused-ring (bicyclic) bond motifs is 1. The predicted octanol–water partition coefficient (Wildman–Crippen LogP) is 2.67. The molecule has 1 aromatic heterocycles. The van der Waals surface area contributed by atoms with Gasteiger partial charge in [0.1, 0.15) is 0 Å². The fourth-order valence-corrected chi connectivity index (χ4v) is 2.48. The van der Waals surface area contributed by atoms with E-state index in [1.807, 2.05) is 13.0 Å². The van der Waals surface area contributed by atoms with E-state index in [0.717, 1.165) is 4.53 Å². The molecule has 1 heteroatoms. The van der Waals surface area contributed by atoms with Crippen LogP contribution in [0.1, 0.15) is 6.92 Å². The first-order valence-corrected chi connectivity index (χ1v) is 5.44. The molecule has 0 saturated carbocycles. The molecule has 0 spiro atoms. The first-order valence-electron chi connectivity index (χ1n) is 4.62. The Morgan fingerprint density at radius 1 is 1.29 bits per heavy atom. The zero-order valence-electron chi connectivity index (χ0n) is 8.16. The molecule has 0 bridgehead atoms. The molecule has 1 heterocycles. The SMILES string of the molecule is C=c1sc2ccccc2/c1=C/C=C\C. The molecule has 0 nitrogen and oxygen atoms in total. The molecule has 0 aliphatic heterocycles. The van der Waals surface area contributed by atoms with Gasteiger partial charge in [-0.2, -0.15) is 0 Å². The molecule has 14 heavy (non-hydrogen) atoms. The Kier molecular flexibility index (Phi) is 2.51. The second-order valence-corrected chi connectivity index (χ2v) is 4.26. The summed E-state index contributed by atoms with van der Waals surface area (Å²) in [7, 11) is 0. The molecule has 0 unspecified atom stereocenters. The number of hydrogen-bond acceptors (Lipinski definition) is 1. The number of allylic oxidation sites excluding steroid dienone is 2. The van der Waals surface area contributed by atoms with Gasteiger partial charge in [-0.15, -0.1) is 11.3 Å². The maximum absolute atomic E-state index is 4.06. The number of hydrogen-bond donors (Lipinski definition) is 0. The average molecular weight is 200 g/mol. The molecule has 0 atom stereocenters. The Hall–Kier alpha value is -1.34. The monoisotopic (exact) mass is 200 g/mol. The van der Waals surface area contributed by atoms with E-state index in [2.05, 4.69) is 43.0 Å². The quantitative estimate of drug-likeness (QED) is 0.664. The van der Waals surface area contributed by atoms with Crippen LogP contribution in [0.15, 0.2) is 36.4 Å². The highest BCUT2D eigenvalue weighted by atomic mass is 32.1. The van der Waals surface area contributed by atoms with Crippen molar-refractivity contribution in [2.45, 2.75) is 6.92 Å². The van der Waals surface area contributed by atoms with Crippen LogP contribution in [0.2, 0.25) is 0 Å². The smallest absolute Gasteiger partial charge is 0.0355 e. The lowest BCUT2D eigenvalue weighted by Gasteiger charge is -1.85. The molecular weight excluding hydrogens is 188 g/mol. The van der Waals surface area contributed by atoms with Crippen molar-refractivity contribution in [2.75, 3.05) is 0 Å². The number of thiophene rings is 1. The van der Waals surface area contributed by atoms with E-state index in [4.69, 9.17) is 0 Å². The Labute approximate surface area is 87.5 Å². The highest BCUT2D eigenvalue weighted by Gasteiger charge is 1.96. The average Bonchev–Trinajstić information content (AvgIpc) is 2.51. The normalized spacial score (nSPS) is 13.1. The minimum absolute atomic E-state index is 1.14.